The molecular weight excluding hydrogens is 262 g/mol. The van der Waals surface area contributed by atoms with Crippen LogP contribution in [-0.4, -0.2) is 21.7 Å². The Balaban J connectivity index is 1.85. The summed E-state index contributed by atoms with van der Waals surface area (Å²) in [6.45, 7) is 10.8. The molecule has 1 aromatic carbocycles. The average Bonchev–Trinajstić information content (AvgIpc) is 2.83. The number of benzene rings is 1. The molecule has 4 heteroatoms. The van der Waals surface area contributed by atoms with E-state index >= 15 is 0 Å². The molecule has 1 heterocycles. The molecule has 0 aliphatic carbocycles. The maximum absolute atomic E-state index is 5.79. The van der Waals surface area contributed by atoms with Gasteiger partial charge in [0.05, 0.1) is 18.6 Å². The SMILES string of the molecule is Cc1cccc(OCCn2cncc2CNC(C)(C)C)c1. The van der Waals surface area contributed by atoms with E-state index in [0.29, 0.717) is 6.61 Å². The zero-order valence-electron chi connectivity index (χ0n) is 13.4. The maximum atomic E-state index is 5.79. The summed E-state index contributed by atoms with van der Waals surface area (Å²) in [5.74, 6) is 0.921. The summed E-state index contributed by atoms with van der Waals surface area (Å²) in [5, 5.41) is 3.48. The third-order valence-electron chi connectivity index (χ3n) is 3.19. The molecule has 4 nitrogen and oxygen atoms in total. The molecule has 0 bridgehead atoms. The minimum absolute atomic E-state index is 0.104. The first-order valence-electron chi connectivity index (χ1n) is 7.37. The van der Waals surface area contributed by atoms with Crippen molar-refractivity contribution in [2.75, 3.05) is 6.61 Å². The van der Waals surface area contributed by atoms with Crippen molar-refractivity contribution in [3.8, 4) is 5.75 Å². The highest BCUT2D eigenvalue weighted by Crippen LogP contribution is 2.12. The van der Waals surface area contributed by atoms with Crippen LogP contribution >= 0.6 is 0 Å². The van der Waals surface area contributed by atoms with Gasteiger partial charge in [0.25, 0.3) is 0 Å². The van der Waals surface area contributed by atoms with Crippen LogP contribution in [0.2, 0.25) is 0 Å². The number of imidazole rings is 1. The monoisotopic (exact) mass is 287 g/mol. The summed E-state index contributed by atoms with van der Waals surface area (Å²) in [6, 6.07) is 8.12. The van der Waals surface area contributed by atoms with E-state index < -0.39 is 0 Å². The van der Waals surface area contributed by atoms with Gasteiger partial charge in [0.15, 0.2) is 0 Å². The van der Waals surface area contributed by atoms with E-state index in [2.05, 4.69) is 54.7 Å². The maximum Gasteiger partial charge on any atom is 0.119 e. The minimum atomic E-state index is 0.104. The molecule has 1 aromatic heterocycles. The Morgan fingerprint density at radius 3 is 2.81 bits per heavy atom. The van der Waals surface area contributed by atoms with Crippen molar-refractivity contribution in [1.29, 1.82) is 0 Å². The van der Waals surface area contributed by atoms with Gasteiger partial charge in [0.2, 0.25) is 0 Å². The Morgan fingerprint density at radius 1 is 1.29 bits per heavy atom. The molecule has 0 spiro atoms. The fraction of sp³-hybridized carbons (Fsp3) is 0.471. The number of aromatic nitrogens is 2. The quantitative estimate of drug-likeness (QED) is 0.887. The van der Waals surface area contributed by atoms with Gasteiger partial charge >= 0.3 is 0 Å². The van der Waals surface area contributed by atoms with E-state index in [4.69, 9.17) is 4.74 Å². The first-order chi connectivity index (χ1) is 9.94. The van der Waals surface area contributed by atoms with Gasteiger partial charge < -0.3 is 14.6 Å². The Bertz CT molecular complexity index is 569. The largest absolute Gasteiger partial charge is 0.492 e. The van der Waals surface area contributed by atoms with Crippen molar-refractivity contribution < 1.29 is 4.74 Å². The highest BCUT2D eigenvalue weighted by molar-refractivity contribution is 5.27. The van der Waals surface area contributed by atoms with Crippen molar-refractivity contribution in [1.82, 2.24) is 14.9 Å². The minimum Gasteiger partial charge on any atom is -0.492 e. The number of hydrogen-bond donors (Lipinski definition) is 1. The van der Waals surface area contributed by atoms with Gasteiger partial charge in [0.1, 0.15) is 12.4 Å². The van der Waals surface area contributed by atoms with Gasteiger partial charge in [-0.1, -0.05) is 12.1 Å². The van der Waals surface area contributed by atoms with Crippen LogP contribution in [0.25, 0.3) is 0 Å². The number of ether oxygens (including phenoxy) is 1. The van der Waals surface area contributed by atoms with Gasteiger partial charge in [-0.05, 0) is 45.4 Å². The van der Waals surface area contributed by atoms with Crippen LogP contribution in [-0.2, 0) is 13.1 Å². The van der Waals surface area contributed by atoms with Crippen molar-refractivity contribution in [2.24, 2.45) is 0 Å². The highest BCUT2D eigenvalue weighted by atomic mass is 16.5. The Hall–Kier alpha value is -1.81. The highest BCUT2D eigenvalue weighted by Gasteiger charge is 2.10. The van der Waals surface area contributed by atoms with Gasteiger partial charge in [-0.3, -0.25) is 0 Å². The Morgan fingerprint density at radius 2 is 2.10 bits per heavy atom. The van der Waals surface area contributed by atoms with E-state index in [-0.39, 0.29) is 5.54 Å². The van der Waals surface area contributed by atoms with Gasteiger partial charge in [-0.25, -0.2) is 4.98 Å². The number of nitrogens with zero attached hydrogens (tertiary/aromatic N) is 2. The predicted molar refractivity (Wildman–Crippen MR) is 85.5 cm³/mol. The molecule has 2 aromatic rings. The molecular formula is C17H25N3O. The zero-order valence-corrected chi connectivity index (χ0v) is 13.4. The first kappa shape index (κ1) is 15.6. The van der Waals surface area contributed by atoms with Gasteiger partial charge in [-0.15, -0.1) is 0 Å². The smallest absolute Gasteiger partial charge is 0.119 e. The fourth-order valence-electron chi connectivity index (χ4n) is 2.02. The fourth-order valence-corrected chi connectivity index (χ4v) is 2.02. The number of hydrogen-bond acceptors (Lipinski definition) is 3. The van der Waals surface area contributed by atoms with E-state index in [1.54, 1.807) is 0 Å². The van der Waals surface area contributed by atoms with Crippen LogP contribution in [0.4, 0.5) is 0 Å². The molecule has 0 saturated carbocycles. The lowest BCUT2D eigenvalue weighted by atomic mass is 10.1. The van der Waals surface area contributed by atoms with Gasteiger partial charge in [-0.2, -0.15) is 0 Å². The van der Waals surface area contributed by atoms with E-state index in [1.165, 1.54) is 11.3 Å². The first-order valence-corrected chi connectivity index (χ1v) is 7.37. The number of nitrogens with one attached hydrogen (secondary N) is 1. The molecule has 21 heavy (non-hydrogen) atoms. The summed E-state index contributed by atoms with van der Waals surface area (Å²) < 4.78 is 7.93. The lowest BCUT2D eigenvalue weighted by Crippen LogP contribution is -2.35. The predicted octanol–water partition coefficient (Wildman–Crippen LogP) is 3.16. The van der Waals surface area contributed by atoms with E-state index in [1.807, 2.05) is 24.7 Å². The second-order valence-electron chi connectivity index (χ2n) is 6.35. The van der Waals surface area contributed by atoms with Crippen molar-refractivity contribution in [2.45, 2.75) is 46.3 Å². The third kappa shape index (κ3) is 5.23. The van der Waals surface area contributed by atoms with Gasteiger partial charge in [0, 0.05) is 18.3 Å². The zero-order chi connectivity index (χ0) is 15.3. The van der Waals surface area contributed by atoms with Crippen LogP contribution in [0.1, 0.15) is 32.0 Å². The molecule has 1 N–H and O–H groups in total. The second kappa shape index (κ2) is 6.76. The molecule has 0 aliphatic heterocycles. The summed E-state index contributed by atoms with van der Waals surface area (Å²) in [7, 11) is 0. The summed E-state index contributed by atoms with van der Waals surface area (Å²) >= 11 is 0. The Kier molecular flexibility index (Phi) is 5.02. The van der Waals surface area contributed by atoms with E-state index in [0.717, 1.165) is 18.8 Å². The van der Waals surface area contributed by atoms with Crippen molar-refractivity contribution in [3.63, 3.8) is 0 Å². The summed E-state index contributed by atoms with van der Waals surface area (Å²) in [4.78, 5) is 4.23. The third-order valence-corrected chi connectivity index (χ3v) is 3.19. The molecule has 0 atom stereocenters. The van der Waals surface area contributed by atoms with Crippen molar-refractivity contribution in [3.05, 3.63) is 48.0 Å². The molecule has 0 saturated heterocycles. The summed E-state index contributed by atoms with van der Waals surface area (Å²) in [6.07, 6.45) is 3.77. The lowest BCUT2D eigenvalue weighted by molar-refractivity contribution is 0.295. The number of aryl methyl sites for hydroxylation is 1. The van der Waals surface area contributed by atoms with Crippen LogP contribution in [0.15, 0.2) is 36.8 Å². The Labute approximate surface area is 127 Å². The van der Waals surface area contributed by atoms with E-state index in [9.17, 15) is 0 Å². The van der Waals surface area contributed by atoms with Crippen LogP contribution in [0.5, 0.6) is 5.75 Å². The molecule has 0 radical (unpaired) electrons. The van der Waals surface area contributed by atoms with Crippen LogP contribution in [0, 0.1) is 6.92 Å². The molecule has 0 fully saturated rings. The lowest BCUT2D eigenvalue weighted by Gasteiger charge is -2.21. The molecule has 0 amide bonds. The topological polar surface area (TPSA) is 39.1 Å². The normalized spacial score (nSPS) is 11.6. The molecule has 2 rings (SSSR count). The second-order valence-corrected chi connectivity index (χ2v) is 6.35. The number of rotatable bonds is 6. The van der Waals surface area contributed by atoms with Crippen molar-refractivity contribution >= 4 is 0 Å². The summed E-state index contributed by atoms with van der Waals surface area (Å²) in [5.41, 5.74) is 2.50. The average molecular weight is 287 g/mol. The standard InChI is InChI=1S/C17H25N3O/c1-14-6-5-7-16(10-14)21-9-8-20-13-18-11-15(20)12-19-17(2,3)4/h5-7,10-11,13,19H,8-9,12H2,1-4H3. The molecule has 0 aliphatic rings. The molecule has 114 valence electrons. The molecule has 0 unspecified atom stereocenters. The van der Waals surface area contributed by atoms with Crippen LogP contribution in [0.3, 0.4) is 0 Å². The van der Waals surface area contributed by atoms with Crippen LogP contribution < -0.4 is 10.1 Å².